The first-order valence-electron chi connectivity index (χ1n) is 6.37. The molecule has 90 valence electrons. The van der Waals surface area contributed by atoms with Crippen LogP contribution in [0.3, 0.4) is 0 Å². The summed E-state index contributed by atoms with van der Waals surface area (Å²) in [6.07, 6.45) is 5.07. The average Bonchev–Trinajstić information content (AvgIpc) is 2.18. The second-order valence-corrected chi connectivity index (χ2v) is 5.31. The van der Waals surface area contributed by atoms with E-state index in [4.69, 9.17) is 9.84 Å². The minimum absolute atomic E-state index is 0.245. The molecule has 0 heterocycles. The summed E-state index contributed by atoms with van der Waals surface area (Å²) in [6, 6.07) is 0. The van der Waals surface area contributed by atoms with Crippen LogP contribution in [0.2, 0.25) is 0 Å². The van der Waals surface area contributed by atoms with Gasteiger partial charge in [-0.1, -0.05) is 27.2 Å². The monoisotopic (exact) mass is 214 g/mol. The maximum absolute atomic E-state index is 8.74. The zero-order valence-electron chi connectivity index (χ0n) is 10.4. The molecule has 0 aromatic carbocycles. The van der Waals surface area contributed by atoms with Gasteiger partial charge in [0.2, 0.25) is 0 Å². The molecule has 2 heteroatoms. The third-order valence-electron chi connectivity index (χ3n) is 3.60. The molecular weight excluding hydrogens is 188 g/mol. The molecule has 3 atom stereocenters. The highest BCUT2D eigenvalue weighted by molar-refractivity contribution is 4.81. The molecule has 0 aliphatic heterocycles. The van der Waals surface area contributed by atoms with E-state index in [-0.39, 0.29) is 6.61 Å². The molecule has 0 saturated heterocycles. The Morgan fingerprint density at radius 1 is 1.33 bits per heavy atom. The first-order valence-corrected chi connectivity index (χ1v) is 6.37. The van der Waals surface area contributed by atoms with E-state index in [1.165, 1.54) is 19.3 Å². The fourth-order valence-electron chi connectivity index (χ4n) is 2.61. The molecule has 1 fully saturated rings. The topological polar surface area (TPSA) is 29.5 Å². The maximum Gasteiger partial charge on any atom is 0.0608 e. The Bertz CT molecular complexity index is 168. The highest BCUT2D eigenvalue weighted by Crippen LogP contribution is 2.35. The van der Waals surface area contributed by atoms with Gasteiger partial charge in [-0.15, -0.1) is 0 Å². The minimum atomic E-state index is 0.245. The molecule has 15 heavy (non-hydrogen) atoms. The van der Waals surface area contributed by atoms with E-state index >= 15 is 0 Å². The van der Waals surface area contributed by atoms with E-state index < -0.39 is 0 Å². The first-order chi connectivity index (χ1) is 7.15. The van der Waals surface area contributed by atoms with Crippen molar-refractivity contribution in [3.05, 3.63) is 0 Å². The Kier molecular flexibility index (Phi) is 5.62. The van der Waals surface area contributed by atoms with Crippen LogP contribution in [-0.2, 0) is 4.74 Å². The van der Waals surface area contributed by atoms with E-state index in [1.807, 2.05) is 0 Å². The van der Waals surface area contributed by atoms with Gasteiger partial charge in [0.05, 0.1) is 6.10 Å². The van der Waals surface area contributed by atoms with Crippen molar-refractivity contribution in [3.63, 3.8) is 0 Å². The molecule has 0 bridgehead atoms. The Balaban J connectivity index is 2.39. The molecule has 1 unspecified atom stereocenters. The summed E-state index contributed by atoms with van der Waals surface area (Å²) in [7, 11) is 0. The van der Waals surface area contributed by atoms with Crippen molar-refractivity contribution in [1.29, 1.82) is 0 Å². The summed E-state index contributed by atoms with van der Waals surface area (Å²) in [5.74, 6) is 2.25. The van der Waals surface area contributed by atoms with Gasteiger partial charge in [0.25, 0.3) is 0 Å². The Morgan fingerprint density at radius 3 is 2.67 bits per heavy atom. The summed E-state index contributed by atoms with van der Waals surface area (Å²) in [4.78, 5) is 0. The summed E-state index contributed by atoms with van der Waals surface area (Å²) in [5.41, 5.74) is 0. The summed E-state index contributed by atoms with van der Waals surface area (Å²) in [5, 5.41) is 8.74. The Labute approximate surface area is 94.0 Å². The Morgan fingerprint density at radius 2 is 2.07 bits per heavy atom. The second-order valence-electron chi connectivity index (χ2n) is 5.31. The highest BCUT2D eigenvalue weighted by Gasteiger charge is 2.30. The Hall–Kier alpha value is -0.0800. The molecule has 1 aliphatic carbocycles. The fraction of sp³-hybridized carbons (Fsp3) is 1.00. The van der Waals surface area contributed by atoms with Crippen LogP contribution >= 0.6 is 0 Å². The van der Waals surface area contributed by atoms with Crippen molar-refractivity contribution >= 4 is 0 Å². The van der Waals surface area contributed by atoms with Crippen molar-refractivity contribution in [2.45, 2.75) is 52.6 Å². The molecule has 1 N–H and O–H groups in total. The van der Waals surface area contributed by atoms with E-state index in [0.717, 1.165) is 30.8 Å². The van der Waals surface area contributed by atoms with Crippen LogP contribution in [0, 0.1) is 17.8 Å². The van der Waals surface area contributed by atoms with Gasteiger partial charge >= 0.3 is 0 Å². The predicted molar refractivity (Wildman–Crippen MR) is 62.8 cm³/mol. The van der Waals surface area contributed by atoms with E-state index in [0.29, 0.717) is 6.10 Å². The number of ether oxygens (including phenoxy) is 1. The molecule has 0 spiro atoms. The van der Waals surface area contributed by atoms with Crippen LogP contribution < -0.4 is 0 Å². The first kappa shape index (κ1) is 13.0. The van der Waals surface area contributed by atoms with Crippen LogP contribution in [-0.4, -0.2) is 24.4 Å². The lowest BCUT2D eigenvalue weighted by atomic mass is 9.75. The average molecular weight is 214 g/mol. The molecule has 1 rings (SSSR count). The summed E-state index contributed by atoms with van der Waals surface area (Å²) < 4.78 is 5.91. The molecule has 2 nitrogen and oxygen atoms in total. The second kappa shape index (κ2) is 6.49. The van der Waals surface area contributed by atoms with Gasteiger partial charge in [0.15, 0.2) is 0 Å². The van der Waals surface area contributed by atoms with E-state index in [9.17, 15) is 0 Å². The lowest BCUT2D eigenvalue weighted by molar-refractivity contribution is -0.0417. The van der Waals surface area contributed by atoms with Crippen molar-refractivity contribution < 1.29 is 9.84 Å². The third-order valence-corrected chi connectivity index (χ3v) is 3.60. The van der Waals surface area contributed by atoms with Gasteiger partial charge in [-0.2, -0.15) is 0 Å². The summed E-state index contributed by atoms with van der Waals surface area (Å²) in [6.45, 7) is 7.87. The molecule has 0 aromatic heterocycles. The lowest BCUT2D eigenvalue weighted by Crippen LogP contribution is -2.34. The van der Waals surface area contributed by atoms with Gasteiger partial charge in [-0.25, -0.2) is 0 Å². The van der Waals surface area contributed by atoms with Crippen molar-refractivity contribution in [2.75, 3.05) is 13.2 Å². The van der Waals surface area contributed by atoms with Gasteiger partial charge in [0.1, 0.15) is 0 Å². The standard InChI is InChI=1S/C13H26O2/c1-10(2)12-6-5-11(3)9-13(12)15-8-4-7-14/h10-14H,4-9H2,1-3H3/t11-,12+,13?/m1/s1. The van der Waals surface area contributed by atoms with Crippen LogP contribution in [0.4, 0.5) is 0 Å². The largest absolute Gasteiger partial charge is 0.396 e. The zero-order chi connectivity index (χ0) is 11.3. The van der Waals surface area contributed by atoms with Crippen LogP contribution in [0.5, 0.6) is 0 Å². The normalized spacial score (nSPS) is 32.2. The number of hydrogen-bond acceptors (Lipinski definition) is 2. The van der Waals surface area contributed by atoms with E-state index in [2.05, 4.69) is 20.8 Å². The quantitative estimate of drug-likeness (QED) is 0.713. The van der Waals surface area contributed by atoms with Crippen molar-refractivity contribution in [1.82, 2.24) is 0 Å². The van der Waals surface area contributed by atoms with E-state index in [1.54, 1.807) is 0 Å². The highest BCUT2D eigenvalue weighted by atomic mass is 16.5. The summed E-state index contributed by atoms with van der Waals surface area (Å²) >= 11 is 0. The van der Waals surface area contributed by atoms with Crippen molar-refractivity contribution in [3.8, 4) is 0 Å². The number of aliphatic hydroxyl groups is 1. The maximum atomic E-state index is 8.74. The van der Waals surface area contributed by atoms with Gasteiger partial charge in [-0.3, -0.25) is 0 Å². The molecular formula is C13H26O2. The van der Waals surface area contributed by atoms with Gasteiger partial charge < -0.3 is 9.84 Å². The fourth-order valence-corrected chi connectivity index (χ4v) is 2.61. The molecule has 0 amide bonds. The van der Waals surface area contributed by atoms with Crippen molar-refractivity contribution in [2.24, 2.45) is 17.8 Å². The lowest BCUT2D eigenvalue weighted by Gasteiger charge is -2.37. The van der Waals surface area contributed by atoms with Crippen LogP contribution in [0.25, 0.3) is 0 Å². The number of rotatable bonds is 5. The minimum Gasteiger partial charge on any atom is -0.396 e. The molecule has 1 aliphatic rings. The molecule has 0 aromatic rings. The molecule has 0 radical (unpaired) electrons. The van der Waals surface area contributed by atoms with Crippen LogP contribution in [0.1, 0.15) is 46.5 Å². The zero-order valence-corrected chi connectivity index (χ0v) is 10.4. The molecule has 1 saturated carbocycles. The van der Waals surface area contributed by atoms with Gasteiger partial charge in [0, 0.05) is 13.2 Å². The number of hydrogen-bond donors (Lipinski definition) is 1. The third kappa shape index (κ3) is 4.12. The smallest absolute Gasteiger partial charge is 0.0608 e. The van der Waals surface area contributed by atoms with Gasteiger partial charge in [-0.05, 0) is 37.0 Å². The predicted octanol–water partition coefficient (Wildman–Crippen LogP) is 2.85. The van der Waals surface area contributed by atoms with Crippen LogP contribution in [0.15, 0.2) is 0 Å². The number of aliphatic hydroxyl groups excluding tert-OH is 1. The SMILES string of the molecule is CC(C)[C@@H]1CC[C@@H](C)CC1OCCCO.